The third-order valence-electron chi connectivity index (χ3n) is 3.54. The molecule has 0 unspecified atom stereocenters. The third-order valence-corrected chi connectivity index (χ3v) is 4.69. The lowest BCUT2D eigenvalue weighted by molar-refractivity contribution is -0.118. The van der Waals surface area contributed by atoms with E-state index in [1.165, 1.54) is 4.90 Å². The highest BCUT2D eigenvalue weighted by Crippen LogP contribution is 2.38. The first-order valence-corrected chi connectivity index (χ1v) is 8.06. The second kappa shape index (κ2) is 5.93. The van der Waals surface area contributed by atoms with Gasteiger partial charge in [-0.05, 0) is 24.6 Å². The third kappa shape index (κ3) is 3.13. The molecule has 0 fully saturated rings. The van der Waals surface area contributed by atoms with E-state index in [9.17, 15) is 4.79 Å². The van der Waals surface area contributed by atoms with Crippen LogP contribution in [0, 0.1) is 6.92 Å². The number of hydrogen-bond acceptors (Lipinski definition) is 3. The van der Waals surface area contributed by atoms with Gasteiger partial charge >= 0.3 is 0 Å². The van der Waals surface area contributed by atoms with Crippen molar-refractivity contribution in [2.45, 2.75) is 37.0 Å². The van der Waals surface area contributed by atoms with Crippen LogP contribution in [0.1, 0.15) is 18.9 Å². The van der Waals surface area contributed by atoms with E-state index < -0.39 is 0 Å². The molecule has 1 atom stereocenters. The summed E-state index contributed by atoms with van der Waals surface area (Å²) in [6, 6.07) is 8.14. The molecular formula is C16H19N3OS. The van der Waals surface area contributed by atoms with Gasteiger partial charge < -0.3 is 4.90 Å². The standard InChI is InChI=1S/C16H19N3OS/c1-12-9-17-18(10-12)8-7-16(20)19-11-13(2)21-15-6-4-3-5-14(15)19/h3-6,9-10,13H,7-8,11H2,1-2H3/t13-/m1/s1. The molecule has 1 amide bonds. The van der Waals surface area contributed by atoms with E-state index >= 15 is 0 Å². The molecular weight excluding hydrogens is 282 g/mol. The Kier molecular flexibility index (Phi) is 4.01. The van der Waals surface area contributed by atoms with Gasteiger partial charge in [-0.3, -0.25) is 9.48 Å². The van der Waals surface area contributed by atoms with Crippen LogP contribution in [0.4, 0.5) is 5.69 Å². The molecule has 0 bridgehead atoms. The average molecular weight is 301 g/mol. The maximum absolute atomic E-state index is 12.6. The molecule has 0 radical (unpaired) electrons. The quantitative estimate of drug-likeness (QED) is 0.874. The Bertz CT molecular complexity index is 652. The highest BCUT2D eigenvalue weighted by molar-refractivity contribution is 8.00. The van der Waals surface area contributed by atoms with E-state index in [4.69, 9.17) is 0 Å². The summed E-state index contributed by atoms with van der Waals surface area (Å²) in [4.78, 5) is 15.7. The van der Waals surface area contributed by atoms with Crippen molar-refractivity contribution in [2.75, 3.05) is 11.4 Å². The SMILES string of the molecule is Cc1cnn(CCC(=O)N2C[C@@H](C)Sc3ccccc32)c1. The second-order valence-corrected chi connectivity index (χ2v) is 6.91. The van der Waals surface area contributed by atoms with Gasteiger partial charge in [0.05, 0.1) is 11.9 Å². The Hall–Kier alpha value is -1.75. The van der Waals surface area contributed by atoms with Gasteiger partial charge in [-0.2, -0.15) is 5.10 Å². The monoisotopic (exact) mass is 301 g/mol. The lowest BCUT2D eigenvalue weighted by Crippen LogP contribution is -2.38. The maximum atomic E-state index is 12.6. The van der Waals surface area contributed by atoms with Crippen molar-refractivity contribution in [3.05, 3.63) is 42.2 Å². The van der Waals surface area contributed by atoms with Gasteiger partial charge in [0.1, 0.15) is 0 Å². The lowest BCUT2D eigenvalue weighted by atomic mass is 10.2. The zero-order valence-electron chi connectivity index (χ0n) is 12.3. The summed E-state index contributed by atoms with van der Waals surface area (Å²) < 4.78 is 1.83. The topological polar surface area (TPSA) is 38.1 Å². The average Bonchev–Trinajstić information content (AvgIpc) is 2.89. The highest BCUT2D eigenvalue weighted by atomic mass is 32.2. The van der Waals surface area contributed by atoms with E-state index in [0.29, 0.717) is 18.2 Å². The minimum atomic E-state index is 0.169. The normalized spacial score (nSPS) is 17.6. The largest absolute Gasteiger partial charge is 0.310 e. The molecule has 1 aliphatic rings. The number of aryl methyl sites for hydroxylation is 2. The van der Waals surface area contributed by atoms with Crippen LogP contribution in [0.5, 0.6) is 0 Å². The number of anilines is 1. The van der Waals surface area contributed by atoms with Crippen molar-refractivity contribution >= 4 is 23.4 Å². The highest BCUT2D eigenvalue weighted by Gasteiger charge is 2.26. The van der Waals surface area contributed by atoms with Crippen molar-refractivity contribution < 1.29 is 4.79 Å². The summed E-state index contributed by atoms with van der Waals surface area (Å²) in [6.45, 7) is 5.58. The number of thioether (sulfide) groups is 1. The summed E-state index contributed by atoms with van der Waals surface area (Å²) in [5.74, 6) is 0.169. The first kappa shape index (κ1) is 14.2. The summed E-state index contributed by atoms with van der Waals surface area (Å²) in [5, 5.41) is 4.66. The van der Waals surface area contributed by atoms with E-state index in [1.807, 2.05) is 58.9 Å². The van der Waals surface area contributed by atoms with Gasteiger partial charge in [-0.25, -0.2) is 0 Å². The number of carbonyl (C=O) groups is 1. The molecule has 2 aromatic rings. The number of para-hydroxylation sites is 1. The van der Waals surface area contributed by atoms with Crippen molar-refractivity contribution in [2.24, 2.45) is 0 Å². The van der Waals surface area contributed by atoms with Crippen LogP contribution in [0.3, 0.4) is 0 Å². The molecule has 0 saturated carbocycles. The van der Waals surface area contributed by atoms with E-state index in [2.05, 4.69) is 18.1 Å². The Morgan fingerprint density at radius 3 is 3.00 bits per heavy atom. The zero-order valence-corrected chi connectivity index (χ0v) is 13.1. The molecule has 2 heterocycles. The summed E-state index contributed by atoms with van der Waals surface area (Å²) in [7, 11) is 0. The molecule has 0 N–H and O–H groups in total. The van der Waals surface area contributed by atoms with Crippen LogP contribution in [-0.2, 0) is 11.3 Å². The Morgan fingerprint density at radius 2 is 2.24 bits per heavy atom. The van der Waals surface area contributed by atoms with E-state index in [1.54, 1.807) is 0 Å². The first-order chi connectivity index (χ1) is 10.1. The summed E-state index contributed by atoms with van der Waals surface area (Å²) >= 11 is 1.84. The zero-order chi connectivity index (χ0) is 14.8. The van der Waals surface area contributed by atoms with Crippen LogP contribution in [0.25, 0.3) is 0 Å². The Balaban J connectivity index is 1.72. The predicted octanol–water partition coefficient (Wildman–Crippen LogP) is 3.11. The van der Waals surface area contributed by atoms with Gasteiger partial charge in [0.2, 0.25) is 5.91 Å². The van der Waals surface area contributed by atoms with Crippen molar-refractivity contribution in [3.63, 3.8) is 0 Å². The number of rotatable bonds is 3. The van der Waals surface area contributed by atoms with Crippen LogP contribution in [0.2, 0.25) is 0 Å². The molecule has 21 heavy (non-hydrogen) atoms. The molecule has 0 saturated heterocycles. The lowest BCUT2D eigenvalue weighted by Gasteiger charge is -2.32. The van der Waals surface area contributed by atoms with Gasteiger partial charge in [0.25, 0.3) is 0 Å². The summed E-state index contributed by atoms with van der Waals surface area (Å²) in [6.07, 6.45) is 4.27. The molecule has 1 aromatic carbocycles. The molecule has 0 aliphatic carbocycles. The van der Waals surface area contributed by atoms with Gasteiger partial charge in [-0.1, -0.05) is 19.1 Å². The molecule has 1 aliphatic heterocycles. The number of hydrogen-bond donors (Lipinski definition) is 0. The van der Waals surface area contributed by atoms with Crippen LogP contribution in [0.15, 0.2) is 41.6 Å². The smallest absolute Gasteiger partial charge is 0.228 e. The number of aromatic nitrogens is 2. The maximum Gasteiger partial charge on any atom is 0.228 e. The van der Waals surface area contributed by atoms with Crippen molar-refractivity contribution in [3.8, 4) is 0 Å². The van der Waals surface area contributed by atoms with Gasteiger partial charge in [-0.15, -0.1) is 11.8 Å². The van der Waals surface area contributed by atoms with Crippen LogP contribution >= 0.6 is 11.8 Å². The molecule has 0 spiro atoms. The molecule has 1 aromatic heterocycles. The van der Waals surface area contributed by atoms with Crippen LogP contribution < -0.4 is 4.90 Å². The van der Waals surface area contributed by atoms with E-state index in [0.717, 1.165) is 17.8 Å². The molecule has 4 nitrogen and oxygen atoms in total. The predicted molar refractivity (Wildman–Crippen MR) is 85.7 cm³/mol. The first-order valence-electron chi connectivity index (χ1n) is 7.18. The number of carbonyl (C=O) groups excluding carboxylic acids is 1. The number of nitrogens with zero attached hydrogens (tertiary/aromatic N) is 3. The van der Waals surface area contributed by atoms with Crippen molar-refractivity contribution in [1.29, 1.82) is 0 Å². The molecule has 110 valence electrons. The van der Waals surface area contributed by atoms with Gasteiger partial charge in [0, 0.05) is 35.9 Å². The minimum Gasteiger partial charge on any atom is -0.310 e. The molecule has 3 rings (SSSR count). The Labute approximate surface area is 129 Å². The fourth-order valence-electron chi connectivity index (χ4n) is 2.56. The van der Waals surface area contributed by atoms with E-state index in [-0.39, 0.29) is 5.91 Å². The minimum absolute atomic E-state index is 0.169. The number of benzene rings is 1. The van der Waals surface area contributed by atoms with Crippen molar-refractivity contribution in [1.82, 2.24) is 9.78 Å². The fourth-order valence-corrected chi connectivity index (χ4v) is 3.67. The molecule has 5 heteroatoms. The second-order valence-electron chi connectivity index (χ2n) is 5.43. The number of amides is 1. The Morgan fingerprint density at radius 1 is 1.43 bits per heavy atom. The van der Waals surface area contributed by atoms with Crippen LogP contribution in [-0.4, -0.2) is 27.5 Å². The number of fused-ring (bicyclic) bond motifs is 1. The fraction of sp³-hybridized carbons (Fsp3) is 0.375. The van der Waals surface area contributed by atoms with Gasteiger partial charge in [0.15, 0.2) is 0 Å². The summed E-state index contributed by atoms with van der Waals surface area (Å²) in [5.41, 5.74) is 2.16.